The molecule has 6 rings (SSSR count). The number of carbonyl (C=O) groups is 1. The molecule has 228 valence electrons. The van der Waals surface area contributed by atoms with E-state index in [0.717, 1.165) is 48.6 Å². The molecular weight excluding hydrogens is 609 g/mol. The van der Waals surface area contributed by atoms with Crippen molar-refractivity contribution < 1.29 is 23.9 Å². The molecule has 2 N–H and O–H groups in total. The SMILES string of the molecule is CSC(=N[C@H]1CC2CC1C[C@@H]2OCc1c(-c2c(Cl)cccc2Cl)noc1C1CC1)Nc1ccc(C(=O)O)cc1OC(C)C. The van der Waals surface area contributed by atoms with E-state index in [1.54, 1.807) is 18.2 Å². The van der Waals surface area contributed by atoms with Crippen molar-refractivity contribution in [3.05, 3.63) is 63.3 Å². The second-order valence-electron chi connectivity index (χ2n) is 11.8. The van der Waals surface area contributed by atoms with Gasteiger partial charge in [0.05, 0.1) is 46.2 Å². The van der Waals surface area contributed by atoms with Gasteiger partial charge in [0.15, 0.2) is 5.17 Å². The number of hydrogen-bond donors (Lipinski definition) is 2. The molecule has 2 unspecified atom stereocenters. The molecule has 0 saturated heterocycles. The lowest BCUT2D eigenvalue weighted by Crippen LogP contribution is -2.28. The van der Waals surface area contributed by atoms with Crippen LogP contribution < -0.4 is 10.1 Å². The number of anilines is 1. The smallest absolute Gasteiger partial charge is 0.335 e. The molecule has 1 aromatic heterocycles. The molecule has 2 bridgehead atoms. The summed E-state index contributed by atoms with van der Waals surface area (Å²) in [4.78, 5) is 16.6. The van der Waals surface area contributed by atoms with Crippen molar-refractivity contribution in [2.75, 3.05) is 11.6 Å². The van der Waals surface area contributed by atoms with E-state index < -0.39 is 5.97 Å². The van der Waals surface area contributed by atoms with Crippen LogP contribution in [0.3, 0.4) is 0 Å². The summed E-state index contributed by atoms with van der Waals surface area (Å²) in [5.74, 6) is 1.63. The van der Waals surface area contributed by atoms with Crippen molar-refractivity contribution in [2.45, 2.75) is 76.7 Å². The van der Waals surface area contributed by atoms with Gasteiger partial charge >= 0.3 is 5.97 Å². The Bertz CT molecular complexity index is 1520. The first-order chi connectivity index (χ1) is 20.7. The Morgan fingerprint density at radius 1 is 1.16 bits per heavy atom. The predicted octanol–water partition coefficient (Wildman–Crippen LogP) is 8.53. The minimum absolute atomic E-state index is 0.0994. The van der Waals surface area contributed by atoms with E-state index in [1.165, 1.54) is 11.8 Å². The van der Waals surface area contributed by atoms with E-state index in [4.69, 9.17) is 42.2 Å². The summed E-state index contributed by atoms with van der Waals surface area (Å²) in [7, 11) is 0. The zero-order valence-corrected chi connectivity index (χ0v) is 26.6. The number of ether oxygens (including phenoxy) is 2. The second kappa shape index (κ2) is 12.7. The Balaban J connectivity index is 1.13. The van der Waals surface area contributed by atoms with Crippen molar-refractivity contribution in [3.8, 4) is 17.0 Å². The van der Waals surface area contributed by atoms with Gasteiger partial charge in [0, 0.05) is 17.0 Å². The van der Waals surface area contributed by atoms with Crippen molar-refractivity contribution >= 4 is 51.8 Å². The molecule has 0 aliphatic heterocycles. The van der Waals surface area contributed by atoms with Gasteiger partial charge in [-0.1, -0.05) is 46.2 Å². The maximum absolute atomic E-state index is 11.5. The third-order valence-corrected chi connectivity index (χ3v) is 9.70. The quantitative estimate of drug-likeness (QED) is 0.167. The minimum atomic E-state index is -0.991. The molecule has 0 amide bonds. The molecule has 2 aromatic carbocycles. The zero-order valence-electron chi connectivity index (χ0n) is 24.3. The number of thioether (sulfide) groups is 1. The van der Waals surface area contributed by atoms with Gasteiger partial charge in [-0.15, -0.1) is 0 Å². The van der Waals surface area contributed by atoms with E-state index in [2.05, 4.69) is 10.5 Å². The lowest BCUT2D eigenvalue weighted by molar-refractivity contribution is 0.00237. The third-order valence-electron chi connectivity index (χ3n) is 8.47. The third kappa shape index (κ3) is 6.55. The molecule has 3 aromatic rings. The van der Waals surface area contributed by atoms with Crippen LogP contribution in [-0.2, 0) is 11.3 Å². The maximum Gasteiger partial charge on any atom is 0.335 e. The maximum atomic E-state index is 11.5. The number of aromatic carboxylic acids is 1. The van der Waals surface area contributed by atoms with Crippen molar-refractivity contribution in [1.82, 2.24) is 5.16 Å². The molecule has 4 atom stereocenters. The average molecular weight is 645 g/mol. The molecule has 0 spiro atoms. The summed E-state index contributed by atoms with van der Waals surface area (Å²) in [6.07, 6.45) is 7.19. The molecule has 0 radical (unpaired) electrons. The molecule has 11 heteroatoms. The Kier molecular flexibility index (Phi) is 8.96. The number of benzene rings is 2. The zero-order chi connectivity index (χ0) is 30.2. The van der Waals surface area contributed by atoms with Crippen LogP contribution in [0.25, 0.3) is 11.3 Å². The standard InChI is InChI=1S/C32H35Cl2N3O5S/c1-16(2)41-27-13-18(31(38)39)9-10-24(27)35-32(43-3)36-25-12-20-11-19(25)14-26(20)40-15-21-29(37-42-30(21)17-7-8-17)28-22(33)5-4-6-23(28)34/h4-6,9-10,13,16-17,19-20,25-26H,7-8,11-12,14-15H2,1-3H3,(H,35,36)(H,38,39)/t19?,20?,25-,26-/m0/s1. The number of hydrogen-bond acceptors (Lipinski definition) is 7. The van der Waals surface area contributed by atoms with Crippen LogP contribution in [0.4, 0.5) is 5.69 Å². The van der Waals surface area contributed by atoms with Gasteiger partial charge < -0.3 is 24.4 Å². The number of halogens is 2. The van der Waals surface area contributed by atoms with Crippen molar-refractivity contribution in [2.24, 2.45) is 16.8 Å². The van der Waals surface area contributed by atoms with Gasteiger partial charge in [0.2, 0.25) is 0 Å². The van der Waals surface area contributed by atoms with Crippen LogP contribution in [0.1, 0.15) is 73.6 Å². The van der Waals surface area contributed by atoms with Gasteiger partial charge in [-0.25, -0.2) is 4.79 Å². The van der Waals surface area contributed by atoms with Crippen LogP contribution in [-0.4, -0.2) is 45.9 Å². The number of carboxylic acid groups (broad SMARTS) is 1. The normalized spacial score (nSPS) is 23.3. The highest BCUT2D eigenvalue weighted by Crippen LogP contribution is 2.50. The van der Waals surface area contributed by atoms with Gasteiger partial charge in [-0.3, -0.25) is 4.99 Å². The van der Waals surface area contributed by atoms with Crippen molar-refractivity contribution in [3.63, 3.8) is 0 Å². The number of fused-ring (bicyclic) bond motifs is 2. The monoisotopic (exact) mass is 643 g/mol. The average Bonchev–Trinajstić information content (AvgIpc) is 3.43. The van der Waals surface area contributed by atoms with E-state index in [-0.39, 0.29) is 23.8 Å². The Hall–Kier alpha value is -2.72. The minimum Gasteiger partial charge on any atom is -0.489 e. The van der Waals surface area contributed by atoms with Gasteiger partial charge in [-0.2, -0.15) is 0 Å². The van der Waals surface area contributed by atoms with Crippen LogP contribution in [0, 0.1) is 11.8 Å². The Labute approximate surface area is 265 Å². The van der Waals surface area contributed by atoms with E-state index in [0.29, 0.717) is 57.1 Å². The fourth-order valence-electron chi connectivity index (χ4n) is 6.31. The lowest BCUT2D eigenvalue weighted by atomic mass is 9.93. The summed E-state index contributed by atoms with van der Waals surface area (Å²) in [5.41, 5.74) is 3.21. The highest BCUT2D eigenvalue weighted by Gasteiger charge is 2.47. The molecule has 3 aliphatic carbocycles. The Morgan fingerprint density at radius 3 is 2.56 bits per heavy atom. The number of aromatic nitrogens is 1. The summed E-state index contributed by atoms with van der Waals surface area (Å²) < 4.78 is 18.3. The highest BCUT2D eigenvalue weighted by atomic mass is 35.5. The number of rotatable bonds is 10. The summed E-state index contributed by atoms with van der Waals surface area (Å²) in [6.45, 7) is 4.24. The molecule has 8 nitrogen and oxygen atoms in total. The highest BCUT2D eigenvalue weighted by molar-refractivity contribution is 8.13. The van der Waals surface area contributed by atoms with Gasteiger partial charge in [0.1, 0.15) is 17.2 Å². The number of nitrogens with one attached hydrogen (secondary N) is 1. The largest absolute Gasteiger partial charge is 0.489 e. The molecule has 1 heterocycles. The molecule has 3 fully saturated rings. The first-order valence-corrected chi connectivity index (χ1v) is 16.7. The van der Waals surface area contributed by atoms with Crippen molar-refractivity contribution in [1.29, 1.82) is 0 Å². The molecule has 3 saturated carbocycles. The first-order valence-electron chi connectivity index (χ1n) is 14.7. The Morgan fingerprint density at radius 2 is 1.93 bits per heavy atom. The van der Waals surface area contributed by atoms with Crippen LogP contribution >= 0.6 is 35.0 Å². The topological polar surface area (TPSA) is 106 Å². The lowest BCUT2D eigenvalue weighted by Gasteiger charge is -2.27. The first kappa shape index (κ1) is 30.3. The number of aliphatic imine (C=N–C) groups is 1. The number of amidine groups is 1. The number of carboxylic acids is 1. The molecule has 3 aliphatic rings. The fraction of sp³-hybridized carbons (Fsp3) is 0.469. The number of nitrogens with zero attached hydrogens (tertiary/aromatic N) is 2. The van der Waals surface area contributed by atoms with Gasteiger partial charge in [0.25, 0.3) is 0 Å². The summed E-state index contributed by atoms with van der Waals surface area (Å²) >= 11 is 14.6. The van der Waals surface area contributed by atoms with Crippen LogP contribution in [0.15, 0.2) is 45.9 Å². The second-order valence-corrected chi connectivity index (χ2v) is 13.4. The van der Waals surface area contributed by atoms with Gasteiger partial charge in [-0.05, 0) is 94.4 Å². The molecular formula is C32H35Cl2N3O5S. The molecule has 43 heavy (non-hydrogen) atoms. The van der Waals surface area contributed by atoms with Crippen LogP contribution in [0.5, 0.6) is 5.75 Å². The fourth-order valence-corrected chi connectivity index (χ4v) is 7.33. The summed E-state index contributed by atoms with van der Waals surface area (Å²) in [5, 5.41) is 19.1. The van der Waals surface area contributed by atoms with E-state index >= 15 is 0 Å². The van der Waals surface area contributed by atoms with E-state index in [9.17, 15) is 9.90 Å². The summed E-state index contributed by atoms with van der Waals surface area (Å²) in [6, 6.07) is 10.5. The van der Waals surface area contributed by atoms with Crippen LogP contribution in [0.2, 0.25) is 10.0 Å². The van der Waals surface area contributed by atoms with E-state index in [1.807, 2.05) is 38.3 Å². The predicted molar refractivity (Wildman–Crippen MR) is 171 cm³/mol.